The predicted molar refractivity (Wildman–Crippen MR) is 103 cm³/mol. The first-order valence-electron chi connectivity index (χ1n) is 8.77. The van der Waals surface area contributed by atoms with Crippen LogP contribution in [-0.2, 0) is 10.0 Å². The summed E-state index contributed by atoms with van der Waals surface area (Å²) in [6, 6.07) is 12.0. The average molecular weight is 372 g/mol. The largest absolute Gasteiger partial charge is 0.349 e. The molecule has 26 heavy (non-hydrogen) atoms. The number of aryl methyl sites for hydroxylation is 2. The van der Waals surface area contributed by atoms with Crippen LogP contribution in [0.4, 0.5) is 5.69 Å². The third kappa shape index (κ3) is 4.25. The molecular weight excluding hydrogens is 348 g/mol. The molecule has 1 fully saturated rings. The van der Waals surface area contributed by atoms with Gasteiger partial charge in [0.2, 0.25) is 0 Å². The van der Waals surface area contributed by atoms with Crippen molar-refractivity contribution < 1.29 is 13.2 Å². The van der Waals surface area contributed by atoms with Crippen LogP contribution in [0.3, 0.4) is 0 Å². The fourth-order valence-electron chi connectivity index (χ4n) is 2.90. The van der Waals surface area contributed by atoms with Crippen molar-refractivity contribution in [3.05, 3.63) is 59.2 Å². The molecule has 1 aliphatic rings. The molecule has 2 aromatic carbocycles. The fourth-order valence-corrected chi connectivity index (χ4v) is 4.29. The smallest absolute Gasteiger partial charge is 0.262 e. The van der Waals surface area contributed by atoms with Crippen molar-refractivity contribution in [2.75, 3.05) is 4.72 Å². The van der Waals surface area contributed by atoms with Gasteiger partial charge in [-0.3, -0.25) is 9.52 Å². The van der Waals surface area contributed by atoms with Gasteiger partial charge in [0.25, 0.3) is 15.9 Å². The Kier molecular flexibility index (Phi) is 5.05. The second-order valence-electron chi connectivity index (χ2n) is 7.05. The maximum absolute atomic E-state index is 12.6. The van der Waals surface area contributed by atoms with Gasteiger partial charge in [0.15, 0.2) is 0 Å². The zero-order valence-corrected chi connectivity index (χ0v) is 16.1. The van der Waals surface area contributed by atoms with Crippen molar-refractivity contribution in [3.63, 3.8) is 0 Å². The van der Waals surface area contributed by atoms with E-state index in [0.29, 0.717) is 22.7 Å². The molecule has 5 nitrogen and oxygen atoms in total. The Morgan fingerprint density at radius 3 is 2.35 bits per heavy atom. The molecule has 1 atom stereocenters. The Hall–Kier alpha value is -2.34. The van der Waals surface area contributed by atoms with Crippen LogP contribution in [-0.4, -0.2) is 20.4 Å². The van der Waals surface area contributed by atoms with Gasteiger partial charge < -0.3 is 5.32 Å². The van der Waals surface area contributed by atoms with E-state index in [1.54, 1.807) is 43.3 Å². The minimum atomic E-state index is -3.67. The predicted octanol–water partition coefficient (Wildman–Crippen LogP) is 3.63. The van der Waals surface area contributed by atoms with Crippen LogP contribution in [0.15, 0.2) is 47.4 Å². The Morgan fingerprint density at radius 2 is 1.73 bits per heavy atom. The van der Waals surface area contributed by atoms with E-state index in [9.17, 15) is 13.2 Å². The molecule has 0 aromatic heterocycles. The number of sulfonamides is 1. The van der Waals surface area contributed by atoms with Gasteiger partial charge in [0, 0.05) is 17.3 Å². The highest BCUT2D eigenvalue weighted by Crippen LogP contribution is 2.32. The molecule has 0 bridgehead atoms. The van der Waals surface area contributed by atoms with Gasteiger partial charge in [-0.25, -0.2) is 8.42 Å². The molecule has 3 rings (SSSR count). The van der Waals surface area contributed by atoms with Crippen LogP contribution in [0.2, 0.25) is 0 Å². The van der Waals surface area contributed by atoms with Gasteiger partial charge in [-0.05, 0) is 81.0 Å². The molecule has 0 aliphatic heterocycles. The van der Waals surface area contributed by atoms with Crippen LogP contribution in [0.25, 0.3) is 0 Å². The number of nitrogens with one attached hydrogen (secondary N) is 2. The first-order valence-corrected chi connectivity index (χ1v) is 10.3. The summed E-state index contributed by atoms with van der Waals surface area (Å²) >= 11 is 0. The normalized spacial score (nSPS) is 15.3. The molecule has 0 unspecified atom stereocenters. The number of benzene rings is 2. The van der Waals surface area contributed by atoms with Crippen LogP contribution >= 0.6 is 0 Å². The molecule has 1 saturated carbocycles. The minimum absolute atomic E-state index is 0.131. The van der Waals surface area contributed by atoms with Crippen LogP contribution in [0.1, 0.15) is 41.3 Å². The molecule has 1 aliphatic carbocycles. The molecule has 2 N–H and O–H groups in total. The Bertz CT molecular complexity index is 917. The molecule has 0 heterocycles. The molecule has 0 radical (unpaired) electrons. The van der Waals surface area contributed by atoms with Crippen molar-refractivity contribution in [1.82, 2.24) is 5.32 Å². The SMILES string of the molecule is Cc1ccc(C)c(S(=O)(=O)Nc2ccc(C(=O)N[C@H](C)C3CC3)cc2)c1. The molecule has 138 valence electrons. The summed E-state index contributed by atoms with van der Waals surface area (Å²) in [5.41, 5.74) is 2.52. The number of carbonyl (C=O) groups excluding carboxylic acids is 1. The highest BCUT2D eigenvalue weighted by molar-refractivity contribution is 7.92. The second-order valence-corrected chi connectivity index (χ2v) is 8.70. The third-order valence-corrected chi connectivity index (χ3v) is 6.24. The number of rotatable bonds is 6. The fraction of sp³-hybridized carbons (Fsp3) is 0.350. The Balaban J connectivity index is 1.72. The first-order chi connectivity index (χ1) is 12.3. The maximum atomic E-state index is 12.6. The van der Waals surface area contributed by atoms with E-state index in [2.05, 4.69) is 10.0 Å². The number of hydrogen-bond acceptors (Lipinski definition) is 3. The van der Waals surface area contributed by atoms with Gasteiger partial charge in [0.05, 0.1) is 4.90 Å². The van der Waals surface area contributed by atoms with E-state index in [1.807, 2.05) is 19.9 Å². The number of carbonyl (C=O) groups is 1. The summed E-state index contributed by atoms with van der Waals surface area (Å²) in [5.74, 6) is 0.455. The van der Waals surface area contributed by atoms with Gasteiger partial charge in [-0.2, -0.15) is 0 Å². The molecule has 2 aromatic rings. The van der Waals surface area contributed by atoms with E-state index in [0.717, 1.165) is 5.56 Å². The third-order valence-electron chi connectivity index (χ3n) is 4.72. The lowest BCUT2D eigenvalue weighted by Crippen LogP contribution is -2.33. The summed E-state index contributed by atoms with van der Waals surface area (Å²) in [5, 5.41) is 2.99. The topological polar surface area (TPSA) is 75.3 Å². The van der Waals surface area contributed by atoms with E-state index >= 15 is 0 Å². The maximum Gasteiger partial charge on any atom is 0.262 e. The Morgan fingerprint density at radius 1 is 1.08 bits per heavy atom. The zero-order chi connectivity index (χ0) is 18.9. The molecule has 0 spiro atoms. The summed E-state index contributed by atoms with van der Waals surface area (Å²) < 4.78 is 27.8. The van der Waals surface area contributed by atoms with Crippen LogP contribution in [0, 0.1) is 19.8 Å². The van der Waals surface area contributed by atoms with Crippen molar-refractivity contribution in [1.29, 1.82) is 0 Å². The lowest BCUT2D eigenvalue weighted by Gasteiger charge is -2.14. The van der Waals surface area contributed by atoms with Crippen molar-refractivity contribution >= 4 is 21.6 Å². The highest BCUT2D eigenvalue weighted by atomic mass is 32.2. The summed E-state index contributed by atoms with van der Waals surface area (Å²) in [4.78, 5) is 12.5. The first kappa shape index (κ1) is 18.5. The van der Waals surface area contributed by atoms with E-state index in [-0.39, 0.29) is 16.8 Å². The van der Waals surface area contributed by atoms with E-state index in [4.69, 9.17) is 0 Å². The van der Waals surface area contributed by atoms with Crippen LogP contribution in [0.5, 0.6) is 0 Å². The molecule has 0 saturated heterocycles. The lowest BCUT2D eigenvalue weighted by molar-refractivity contribution is 0.0936. The second kappa shape index (κ2) is 7.11. The summed E-state index contributed by atoms with van der Waals surface area (Å²) in [7, 11) is -3.67. The monoisotopic (exact) mass is 372 g/mol. The van der Waals surface area contributed by atoms with Gasteiger partial charge in [0.1, 0.15) is 0 Å². The van der Waals surface area contributed by atoms with Gasteiger partial charge >= 0.3 is 0 Å². The minimum Gasteiger partial charge on any atom is -0.349 e. The summed E-state index contributed by atoms with van der Waals surface area (Å²) in [6.07, 6.45) is 2.33. The highest BCUT2D eigenvalue weighted by Gasteiger charge is 2.29. The number of amides is 1. The van der Waals surface area contributed by atoms with Crippen LogP contribution < -0.4 is 10.0 Å². The average Bonchev–Trinajstić information content (AvgIpc) is 3.42. The molecule has 1 amide bonds. The van der Waals surface area contributed by atoms with Crippen molar-refractivity contribution in [2.45, 2.75) is 44.6 Å². The quantitative estimate of drug-likeness (QED) is 0.813. The number of hydrogen-bond donors (Lipinski definition) is 2. The number of anilines is 1. The van der Waals surface area contributed by atoms with Gasteiger partial charge in [-0.1, -0.05) is 12.1 Å². The van der Waals surface area contributed by atoms with E-state index in [1.165, 1.54) is 12.8 Å². The van der Waals surface area contributed by atoms with Crippen molar-refractivity contribution in [3.8, 4) is 0 Å². The van der Waals surface area contributed by atoms with Gasteiger partial charge in [-0.15, -0.1) is 0 Å². The lowest BCUT2D eigenvalue weighted by atomic mass is 10.1. The van der Waals surface area contributed by atoms with E-state index < -0.39 is 10.0 Å². The Labute approximate surface area is 154 Å². The summed E-state index contributed by atoms with van der Waals surface area (Å²) in [6.45, 7) is 5.64. The molecular formula is C20H24N2O3S. The van der Waals surface area contributed by atoms with Crippen molar-refractivity contribution in [2.24, 2.45) is 5.92 Å². The molecule has 6 heteroatoms. The standard InChI is InChI=1S/C20H24N2O3S/c1-13-4-5-14(2)19(12-13)26(24,25)22-18-10-8-17(9-11-18)20(23)21-15(3)16-6-7-16/h4-5,8-12,15-16,22H,6-7H2,1-3H3,(H,21,23)/t15-/m1/s1. The zero-order valence-electron chi connectivity index (χ0n) is 15.2.